The van der Waals surface area contributed by atoms with Crippen LogP contribution < -0.4 is 0 Å². The smallest absolute Gasteiger partial charge is 0.340 e. The Morgan fingerprint density at radius 1 is 0.771 bits per heavy atom. The molecule has 180 valence electrons. The van der Waals surface area contributed by atoms with Crippen LogP contribution in [0.5, 0.6) is 11.5 Å². The summed E-state index contributed by atoms with van der Waals surface area (Å²) < 4.78 is 0. The number of allylic oxidation sites excluding steroid dienone is 3. The van der Waals surface area contributed by atoms with Gasteiger partial charge in [-0.05, 0) is 30.2 Å². The molecule has 2 aliphatic rings. The second-order valence-corrected chi connectivity index (χ2v) is 8.06. The molecule has 0 fully saturated rings. The summed E-state index contributed by atoms with van der Waals surface area (Å²) in [6, 6.07) is 4.81. The average molecular weight is 482 g/mol. The number of fused-ring (bicyclic) bond motifs is 2. The van der Waals surface area contributed by atoms with Crippen molar-refractivity contribution in [3.63, 3.8) is 0 Å². The van der Waals surface area contributed by atoms with E-state index in [1.807, 2.05) is 0 Å². The molecule has 2 atom stereocenters. The summed E-state index contributed by atoms with van der Waals surface area (Å²) in [7, 11) is 0. The van der Waals surface area contributed by atoms with Crippen LogP contribution >= 0.6 is 0 Å². The second kappa shape index (κ2) is 7.90. The fraction of sp³-hybridized carbons (Fsp3) is 0.167. The summed E-state index contributed by atoms with van der Waals surface area (Å²) in [5.41, 5.74) is -3.91. The van der Waals surface area contributed by atoms with Crippen LogP contribution in [-0.4, -0.2) is 59.3 Å². The number of aromatic hydroxyl groups is 2. The summed E-state index contributed by atoms with van der Waals surface area (Å²) in [4.78, 5) is 50.2. The van der Waals surface area contributed by atoms with E-state index >= 15 is 0 Å². The molecule has 35 heavy (non-hydrogen) atoms. The van der Waals surface area contributed by atoms with Gasteiger partial charge in [-0.25, -0.2) is 9.59 Å². The Balaban J connectivity index is 2.06. The predicted octanol–water partition coefficient (Wildman–Crippen LogP) is 2.98. The maximum absolute atomic E-state index is 13.5. The van der Waals surface area contributed by atoms with Crippen LogP contribution in [0.3, 0.4) is 0 Å². The van der Waals surface area contributed by atoms with E-state index in [9.17, 15) is 54.9 Å². The van der Waals surface area contributed by atoms with Crippen molar-refractivity contribution < 1.29 is 54.9 Å². The molecule has 2 aliphatic carbocycles. The topological polar surface area (TPSA) is 210 Å². The van der Waals surface area contributed by atoms with Crippen molar-refractivity contribution in [2.75, 3.05) is 0 Å². The first-order valence-corrected chi connectivity index (χ1v) is 10.2. The third-order valence-corrected chi connectivity index (χ3v) is 6.21. The molecular weight excluding hydrogens is 464 g/mol. The van der Waals surface area contributed by atoms with Crippen molar-refractivity contribution in [1.29, 1.82) is 0 Å². The van der Waals surface area contributed by atoms with E-state index < -0.39 is 91.9 Å². The van der Waals surface area contributed by atoms with Gasteiger partial charge in [-0.3, -0.25) is 9.59 Å². The van der Waals surface area contributed by atoms with Crippen molar-refractivity contribution in [2.24, 2.45) is 11.8 Å². The van der Waals surface area contributed by atoms with Crippen molar-refractivity contribution >= 4 is 29.1 Å². The fourth-order valence-corrected chi connectivity index (χ4v) is 4.56. The molecule has 0 bridgehead atoms. The fourth-order valence-electron chi connectivity index (χ4n) is 4.56. The molecule has 2 aromatic rings. The molecule has 2 aromatic carbocycles. The molecule has 0 saturated heterocycles. The normalized spacial score (nSPS) is 19.5. The number of hydrogen-bond acceptors (Lipinski definition) is 9. The molecule has 0 amide bonds. The van der Waals surface area contributed by atoms with E-state index in [0.717, 1.165) is 0 Å². The molecule has 11 heteroatoms. The molecule has 11 nitrogen and oxygen atoms in total. The zero-order valence-corrected chi connectivity index (χ0v) is 17.9. The van der Waals surface area contributed by atoms with E-state index in [-0.39, 0.29) is 5.56 Å². The maximum atomic E-state index is 13.5. The molecule has 0 heterocycles. The number of ketones is 2. The van der Waals surface area contributed by atoms with Crippen LogP contribution in [0.1, 0.15) is 59.5 Å². The average Bonchev–Trinajstić information content (AvgIpc) is 2.79. The van der Waals surface area contributed by atoms with Crippen LogP contribution in [0.15, 0.2) is 41.5 Å². The third kappa shape index (κ3) is 3.20. The molecule has 0 saturated carbocycles. The number of aromatic carboxylic acids is 2. The molecule has 7 N–H and O–H groups in total. The minimum absolute atomic E-state index is 0.161. The number of aryl methyl sites for hydroxylation is 1. The lowest BCUT2D eigenvalue weighted by Gasteiger charge is -2.35. The Morgan fingerprint density at radius 2 is 1.37 bits per heavy atom. The van der Waals surface area contributed by atoms with E-state index in [1.54, 1.807) is 13.0 Å². The standard InChI is InChI=1S/C24H18O11/c1-2-7-3-4-10(25)8(5-7)13-20(29)17-16(22(31)21(13)30)18(27)9-6-11(26)14(23(32)33)15(24(34)35)12(9)19(17)28/h3-6,16-17,25-26,29-31H,2H2,1H3,(H,32,33)(H,34,35). The van der Waals surface area contributed by atoms with Gasteiger partial charge in [0.05, 0.1) is 17.1 Å². The SMILES string of the molecule is CCc1ccc(O)c(C2=C(O)C3C(=O)c4c(cc(O)c(C(=O)O)c4C(=O)O)C(=O)C3C(O)=C2O)c1. The summed E-state index contributed by atoms with van der Waals surface area (Å²) >= 11 is 0. The Bertz CT molecular complexity index is 1430. The number of carboxylic acids is 2. The summed E-state index contributed by atoms with van der Waals surface area (Å²) in [6.07, 6.45) is 0.484. The van der Waals surface area contributed by atoms with Gasteiger partial charge in [-0.1, -0.05) is 13.0 Å². The number of carbonyl (C=O) groups excluding carboxylic acids is 2. The number of Topliss-reactive ketones (excluding diaryl/α,β-unsaturated/α-hetero) is 2. The first-order valence-electron chi connectivity index (χ1n) is 10.2. The Morgan fingerprint density at radius 3 is 1.94 bits per heavy atom. The third-order valence-electron chi connectivity index (χ3n) is 6.21. The number of benzene rings is 2. The number of carboxylic acid groups (broad SMARTS) is 2. The minimum Gasteiger partial charge on any atom is -0.511 e. The van der Waals surface area contributed by atoms with Crippen LogP contribution in [0.4, 0.5) is 0 Å². The van der Waals surface area contributed by atoms with Gasteiger partial charge in [0, 0.05) is 16.7 Å². The lowest BCUT2D eigenvalue weighted by atomic mass is 9.67. The second-order valence-electron chi connectivity index (χ2n) is 8.06. The summed E-state index contributed by atoms with van der Waals surface area (Å²) in [5, 5.41) is 71.9. The van der Waals surface area contributed by atoms with E-state index in [1.165, 1.54) is 12.1 Å². The zero-order valence-electron chi connectivity index (χ0n) is 17.9. The predicted molar refractivity (Wildman–Crippen MR) is 117 cm³/mol. The lowest BCUT2D eigenvalue weighted by Crippen LogP contribution is -2.42. The van der Waals surface area contributed by atoms with Crippen LogP contribution in [0.2, 0.25) is 0 Å². The van der Waals surface area contributed by atoms with Gasteiger partial charge in [0.15, 0.2) is 17.3 Å². The molecule has 0 aliphatic heterocycles. The van der Waals surface area contributed by atoms with Crippen LogP contribution in [-0.2, 0) is 6.42 Å². The van der Waals surface area contributed by atoms with Gasteiger partial charge in [-0.15, -0.1) is 0 Å². The van der Waals surface area contributed by atoms with Gasteiger partial charge in [0.2, 0.25) is 0 Å². The molecule has 0 spiro atoms. The first-order chi connectivity index (χ1) is 16.4. The number of rotatable bonds is 4. The Hall–Kier alpha value is -4.80. The number of aliphatic hydroxyl groups excluding tert-OH is 3. The van der Waals surface area contributed by atoms with Crippen LogP contribution in [0.25, 0.3) is 5.57 Å². The van der Waals surface area contributed by atoms with Gasteiger partial charge >= 0.3 is 11.9 Å². The highest BCUT2D eigenvalue weighted by molar-refractivity contribution is 6.24. The Kier molecular flexibility index (Phi) is 5.28. The van der Waals surface area contributed by atoms with Gasteiger partial charge in [-0.2, -0.15) is 0 Å². The number of phenols is 2. The largest absolute Gasteiger partial charge is 0.511 e. The van der Waals surface area contributed by atoms with Crippen LogP contribution in [0, 0.1) is 11.8 Å². The molecule has 0 radical (unpaired) electrons. The van der Waals surface area contributed by atoms with Crippen molar-refractivity contribution in [3.05, 3.63) is 74.9 Å². The zero-order chi connectivity index (χ0) is 25.9. The van der Waals surface area contributed by atoms with Crippen molar-refractivity contribution in [3.8, 4) is 11.5 Å². The number of phenolic OH excluding ortho intramolecular Hbond substituents is 1. The summed E-state index contributed by atoms with van der Waals surface area (Å²) in [5.74, 6) is -14.5. The molecule has 0 aromatic heterocycles. The maximum Gasteiger partial charge on any atom is 0.340 e. The highest BCUT2D eigenvalue weighted by atomic mass is 16.4. The van der Waals surface area contributed by atoms with Gasteiger partial charge in [0.25, 0.3) is 0 Å². The monoisotopic (exact) mass is 482 g/mol. The quantitative estimate of drug-likeness (QED) is 0.337. The highest BCUT2D eigenvalue weighted by Crippen LogP contribution is 2.49. The lowest BCUT2D eigenvalue weighted by molar-refractivity contribution is 0.0634. The summed E-state index contributed by atoms with van der Waals surface area (Å²) in [6.45, 7) is 1.79. The van der Waals surface area contributed by atoms with E-state index in [2.05, 4.69) is 0 Å². The van der Waals surface area contributed by atoms with E-state index in [4.69, 9.17) is 0 Å². The number of hydrogen-bond donors (Lipinski definition) is 7. The Labute approximate surface area is 196 Å². The minimum atomic E-state index is -1.94. The van der Waals surface area contributed by atoms with Crippen molar-refractivity contribution in [1.82, 2.24) is 0 Å². The number of carbonyl (C=O) groups is 4. The molecular formula is C24H18O11. The number of aliphatic hydroxyl groups is 3. The van der Waals surface area contributed by atoms with E-state index in [0.29, 0.717) is 18.1 Å². The molecule has 4 rings (SSSR count). The van der Waals surface area contributed by atoms with Gasteiger partial charge < -0.3 is 35.7 Å². The van der Waals surface area contributed by atoms with Gasteiger partial charge in [0.1, 0.15) is 34.5 Å². The highest BCUT2D eigenvalue weighted by Gasteiger charge is 2.53. The first kappa shape index (κ1) is 23.4. The van der Waals surface area contributed by atoms with Crippen molar-refractivity contribution in [2.45, 2.75) is 13.3 Å². The molecule has 2 unspecified atom stereocenters.